The van der Waals surface area contributed by atoms with E-state index < -0.39 is 254 Å². The Bertz CT molecular complexity index is 1930. The normalized spacial score (nSPS) is 53.7. The van der Waals surface area contributed by atoms with Gasteiger partial charge in [-0.15, -0.1) is 6.58 Å². The Morgan fingerprint density at radius 3 is 0.725 bits per heavy atom. The maximum absolute atomic E-state index is 12.0. The summed E-state index contributed by atoms with van der Waals surface area (Å²) in [6.45, 7) is 2.39. The van der Waals surface area contributed by atoms with Gasteiger partial charge in [-0.2, -0.15) is 0 Å². The predicted octanol–water partition coefficient (Wildman–Crippen LogP) is -12.8. The van der Waals surface area contributed by atoms with Crippen LogP contribution in [0.3, 0.4) is 0 Å². The Morgan fingerprint density at radius 2 is 0.500 bits per heavy atom. The minimum atomic E-state index is -2.03. The van der Waals surface area contributed by atoms with Crippen LogP contribution in [0.5, 0.6) is 0 Å². The molecule has 21 saturated heterocycles. The molecule has 34 heteroatoms. The number of aliphatic hydroxyl groups is 13. The molecule has 35 atom stereocenters. The van der Waals surface area contributed by atoms with Gasteiger partial charge in [0, 0.05) is 39.3 Å². The second-order valence-corrected chi connectivity index (χ2v) is 20.8. The van der Waals surface area contributed by atoms with Gasteiger partial charge >= 0.3 is 0 Å². The number of aliphatic hydroxyl groups excluding tert-OH is 13. The maximum Gasteiger partial charge on any atom is 0.187 e. The molecular formula is C46H82N6O28. The van der Waals surface area contributed by atoms with E-state index >= 15 is 0 Å². The number of ether oxygens (including phenoxy) is 15. The van der Waals surface area contributed by atoms with Crippen molar-refractivity contribution in [3.63, 3.8) is 0 Å². The molecule has 35 unspecified atom stereocenters. The molecule has 21 rings (SSSR count). The zero-order chi connectivity index (χ0) is 58.2. The lowest BCUT2D eigenvalue weighted by Crippen LogP contribution is -2.69. The van der Waals surface area contributed by atoms with Crippen LogP contribution in [-0.2, 0) is 71.1 Å². The molecule has 21 aliphatic rings. The van der Waals surface area contributed by atoms with Crippen molar-refractivity contribution in [2.75, 3.05) is 45.9 Å². The molecule has 0 aromatic heterocycles. The number of hydrogen-bond acceptors (Lipinski definition) is 34. The van der Waals surface area contributed by atoms with Crippen LogP contribution in [0.1, 0.15) is 13.3 Å². The summed E-state index contributed by atoms with van der Waals surface area (Å²) in [7, 11) is 0. The molecule has 0 amide bonds. The average molecular weight is 1170 g/mol. The van der Waals surface area contributed by atoms with E-state index in [2.05, 4.69) is 6.58 Å². The molecule has 21 heterocycles. The van der Waals surface area contributed by atoms with E-state index in [1.54, 1.807) is 6.92 Å². The molecule has 0 saturated carbocycles. The molecule has 0 aromatic carbocycles. The molecule has 21 fully saturated rings. The van der Waals surface area contributed by atoms with E-state index in [1.807, 2.05) is 0 Å². The van der Waals surface area contributed by atoms with Gasteiger partial charge in [0.1, 0.15) is 165 Å². The van der Waals surface area contributed by atoms with Gasteiger partial charge in [0.25, 0.3) is 0 Å². The third-order valence-corrected chi connectivity index (χ3v) is 15.7. The Kier molecular flexibility index (Phi) is 22.4. The second kappa shape index (κ2) is 27.8. The molecule has 34 nitrogen and oxygen atoms in total. The summed E-state index contributed by atoms with van der Waals surface area (Å²) in [5.74, 6) is 0. The fraction of sp³-hybridized carbons (Fsp3) is 0.957. The molecule has 14 bridgehead atoms. The monoisotopic (exact) mass is 1170 g/mol. The van der Waals surface area contributed by atoms with Gasteiger partial charge in [-0.25, -0.2) is 0 Å². The highest BCUT2D eigenvalue weighted by molar-refractivity contribution is 5.02. The molecule has 21 aliphatic heterocycles. The van der Waals surface area contributed by atoms with Crippen molar-refractivity contribution >= 4 is 0 Å². The minimum absolute atomic E-state index is 0.0368. The first-order chi connectivity index (χ1) is 38.2. The van der Waals surface area contributed by atoms with Crippen molar-refractivity contribution in [1.29, 1.82) is 0 Å². The lowest BCUT2D eigenvalue weighted by atomic mass is 9.94. The third kappa shape index (κ3) is 12.8. The number of rotatable bonds is 10. The molecule has 25 N–H and O–H groups in total. The largest absolute Gasteiger partial charge is 0.387 e. The highest BCUT2D eigenvalue weighted by Crippen LogP contribution is 2.39. The van der Waals surface area contributed by atoms with Crippen molar-refractivity contribution < 1.29 is 137 Å². The zero-order valence-electron chi connectivity index (χ0n) is 43.6. The van der Waals surface area contributed by atoms with Crippen molar-refractivity contribution in [3.8, 4) is 0 Å². The topological polar surface area (TPSA) is 558 Å². The van der Waals surface area contributed by atoms with Crippen LogP contribution in [0.2, 0.25) is 0 Å². The Morgan fingerprint density at radius 1 is 0.300 bits per heavy atom. The lowest BCUT2D eigenvalue weighted by Gasteiger charge is -2.50. The highest BCUT2D eigenvalue weighted by atomic mass is 16.8. The summed E-state index contributed by atoms with van der Waals surface area (Å²) in [5.41, 5.74) is 36.5. The molecular weight excluding hydrogens is 1080 g/mol. The van der Waals surface area contributed by atoms with Gasteiger partial charge in [0.05, 0.1) is 12.7 Å². The van der Waals surface area contributed by atoms with Gasteiger partial charge in [-0.05, 0) is 6.42 Å². The molecule has 0 aliphatic carbocycles. The quantitative estimate of drug-likeness (QED) is 0.0903. The van der Waals surface area contributed by atoms with Crippen LogP contribution in [-0.4, -0.2) is 327 Å². The Balaban J connectivity index is 1.10. The summed E-state index contributed by atoms with van der Waals surface area (Å²) in [6.07, 6.45) is -58.9. The minimum Gasteiger partial charge on any atom is -0.387 e. The fourth-order valence-electron chi connectivity index (χ4n) is 11.2. The van der Waals surface area contributed by atoms with Gasteiger partial charge in [0.15, 0.2) is 44.0 Å². The fourth-order valence-corrected chi connectivity index (χ4v) is 11.2. The maximum atomic E-state index is 12.0. The molecule has 80 heavy (non-hydrogen) atoms. The van der Waals surface area contributed by atoms with Crippen molar-refractivity contribution in [1.82, 2.24) is 0 Å². The molecule has 0 spiro atoms. The van der Waals surface area contributed by atoms with E-state index in [0.29, 0.717) is 0 Å². The third-order valence-electron chi connectivity index (χ3n) is 15.7. The summed E-state index contributed by atoms with van der Waals surface area (Å²) in [6, 6.07) is 0. The smallest absolute Gasteiger partial charge is 0.187 e. The summed E-state index contributed by atoms with van der Waals surface area (Å²) >= 11 is 0. The predicted molar refractivity (Wildman–Crippen MR) is 257 cm³/mol. The lowest BCUT2D eigenvalue weighted by molar-refractivity contribution is -0.392. The first-order valence-electron chi connectivity index (χ1n) is 26.6. The van der Waals surface area contributed by atoms with Gasteiger partial charge in [-0.1, -0.05) is 13.0 Å². The Labute approximate surface area is 457 Å². The number of nitrogens with two attached hydrogens (primary N) is 6. The van der Waals surface area contributed by atoms with Gasteiger partial charge in [0.2, 0.25) is 0 Å². The van der Waals surface area contributed by atoms with E-state index in [9.17, 15) is 66.4 Å². The number of hydrogen-bond donors (Lipinski definition) is 19. The first kappa shape index (κ1) is 64.4. The molecule has 464 valence electrons. The second-order valence-electron chi connectivity index (χ2n) is 20.8. The van der Waals surface area contributed by atoms with E-state index in [1.165, 1.54) is 6.08 Å². The van der Waals surface area contributed by atoms with E-state index in [0.717, 1.165) is 0 Å². The highest BCUT2D eigenvalue weighted by Gasteiger charge is 2.59. The SMILES string of the molecule is C=CCOC1C2OC(CN)C(OC3OC(CN)C(OC4OC(CN)C(OC5OC(CC)C(OC6OC(CN)C(OC7OC(CN)C(OC8OC(CN)C(O2)C(O)C8O)C(O)C7O)C(O)C6O)C(O)C5O)C(O)C4O)C(O)C3O)C1O. The first-order valence-corrected chi connectivity index (χ1v) is 26.6. The van der Waals surface area contributed by atoms with Crippen LogP contribution in [0.15, 0.2) is 12.7 Å². The van der Waals surface area contributed by atoms with Gasteiger partial charge < -0.3 is 172 Å². The van der Waals surface area contributed by atoms with Gasteiger partial charge in [-0.3, -0.25) is 0 Å². The van der Waals surface area contributed by atoms with Crippen LogP contribution < -0.4 is 34.4 Å². The van der Waals surface area contributed by atoms with Crippen molar-refractivity contribution in [2.45, 2.75) is 228 Å². The zero-order valence-corrected chi connectivity index (χ0v) is 43.6. The van der Waals surface area contributed by atoms with Crippen molar-refractivity contribution in [2.24, 2.45) is 34.4 Å². The summed E-state index contributed by atoms with van der Waals surface area (Å²) < 4.78 is 90.0. The van der Waals surface area contributed by atoms with Crippen LogP contribution >= 0.6 is 0 Å². The van der Waals surface area contributed by atoms with Crippen LogP contribution in [0, 0.1) is 0 Å². The molecule has 0 radical (unpaired) electrons. The Hall–Kier alpha value is -1.62. The van der Waals surface area contributed by atoms with Crippen LogP contribution in [0.25, 0.3) is 0 Å². The average Bonchev–Trinajstić information content (AvgIpc) is 3.45. The van der Waals surface area contributed by atoms with E-state index in [4.69, 9.17) is 105 Å². The van der Waals surface area contributed by atoms with Crippen LogP contribution in [0.4, 0.5) is 0 Å². The summed E-state index contributed by atoms with van der Waals surface area (Å²) in [5, 5.41) is 150. The van der Waals surface area contributed by atoms with Crippen molar-refractivity contribution in [3.05, 3.63) is 12.7 Å². The summed E-state index contributed by atoms with van der Waals surface area (Å²) in [4.78, 5) is 0. The molecule has 0 aromatic rings. The van der Waals surface area contributed by atoms with E-state index in [-0.39, 0.29) is 13.0 Å². The standard InChI is InChI=1S/C46H82N6O28/c1-3-5-66-39-31(65)38-18(11-52)73-46(39)80-37-17(10-51)72-44(30(64)24(37)58)78-35-15(8-49)70-43(28(62)22(35)56)76-34-14(7-48)68-41(26(60)20(34)54)74-32-12(4-2)67-40(25(59)19(32)53)75-33-13(6-47)69-42(27(61)21(33)55)77-36-16(9-50)71-45(79-38)29(63)23(36)57/h3,12-46,53-65H,1,4-11,47-52H2,2H3.